The van der Waals surface area contributed by atoms with E-state index in [0.717, 1.165) is 19.3 Å². The minimum Gasteiger partial charge on any atom is -0.409 e. The molecule has 5 heteroatoms. The fourth-order valence-electron chi connectivity index (χ4n) is 2.06. The number of unbranched alkanes of at least 4 members (excludes halogenated alkanes) is 3. The molecule has 0 aliphatic rings. The molecule has 19 heavy (non-hydrogen) atoms. The minimum absolute atomic E-state index is 0.00228. The molecule has 4 N–H and O–H groups in total. The second-order valence-corrected chi connectivity index (χ2v) is 5.13. The van der Waals surface area contributed by atoms with Gasteiger partial charge in [-0.25, -0.2) is 0 Å². The largest absolute Gasteiger partial charge is 0.409 e. The Labute approximate surface area is 116 Å². The van der Waals surface area contributed by atoms with Crippen LogP contribution in [0.15, 0.2) is 5.16 Å². The maximum atomic E-state index is 12.0. The van der Waals surface area contributed by atoms with Gasteiger partial charge in [0, 0.05) is 6.04 Å². The molecule has 1 amide bonds. The molecule has 0 saturated carbocycles. The smallest absolute Gasteiger partial charge is 0.231 e. The summed E-state index contributed by atoms with van der Waals surface area (Å²) >= 11 is 0. The monoisotopic (exact) mass is 271 g/mol. The Morgan fingerprint density at radius 1 is 1.21 bits per heavy atom. The predicted octanol–water partition coefficient (Wildman–Crippen LogP) is 2.62. The number of nitrogens with two attached hydrogens (primary N) is 1. The SMILES string of the molecule is CCCCCCC(C)NC(=O)C(CCC)C(N)=NO. The number of amides is 1. The summed E-state index contributed by atoms with van der Waals surface area (Å²) in [6.45, 7) is 6.15. The van der Waals surface area contributed by atoms with Gasteiger partial charge in [0.2, 0.25) is 5.91 Å². The van der Waals surface area contributed by atoms with Crippen molar-refractivity contribution >= 4 is 11.7 Å². The third-order valence-corrected chi connectivity index (χ3v) is 3.25. The Balaban J connectivity index is 4.16. The van der Waals surface area contributed by atoms with Gasteiger partial charge in [-0.15, -0.1) is 0 Å². The molecule has 0 fully saturated rings. The summed E-state index contributed by atoms with van der Waals surface area (Å²) in [5, 5.41) is 14.6. The van der Waals surface area contributed by atoms with Crippen molar-refractivity contribution in [3.05, 3.63) is 0 Å². The molecule has 0 aliphatic carbocycles. The normalized spacial score (nSPS) is 15.0. The Morgan fingerprint density at radius 3 is 2.42 bits per heavy atom. The maximum absolute atomic E-state index is 12.0. The fourth-order valence-corrected chi connectivity index (χ4v) is 2.06. The highest BCUT2D eigenvalue weighted by atomic mass is 16.4. The summed E-state index contributed by atoms with van der Waals surface area (Å²) in [6.07, 6.45) is 7.17. The van der Waals surface area contributed by atoms with Crippen LogP contribution in [0.4, 0.5) is 0 Å². The van der Waals surface area contributed by atoms with Crippen LogP contribution in [0.25, 0.3) is 0 Å². The molecule has 0 aromatic heterocycles. The van der Waals surface area contributed by atoms with Gasteiger partial charge in [-0.1, -0.05) is 51.1 Å². The van der Waals surface area contributed by atoms with Crippen LogP contribution in [-0.4, -0.2) is 23.0 Å². The van der Waals surface area contributed by atoms with E-state index in [9.17, 15) is 4.79 Å². The second-order valence-electron chi connectivity index (χ2n) is 5.13. The van der Waals surface area contributed by atoms with Crippen molar-refractivity contribution in [1.82, 2.24) is 5.32 Å². The van der Waals surface area contributed by atoms with Gasteiger partial charge in [-0.3, -0.25) is 4.79 Å². The molecule has 0 aliphatic heterocycles. The quantitative estimate of drug-likeness (QED) is 0.188. The van der Waals surface area contributed by atoms with E-state index in [0.29, 0.717) is 6.42 Å². The lowest BCUT2D eigenvalue weighted by atomic mass is 10.0. The Hall–Kier alpha value is -1.26. The van der Waals surface area contributed by atoms with E-state index in [-0.39, 0.29) is 17.8 Å². The van der Waals surface area contributed by atoms with Gasteiger partial charge < -0.3 is 16.3 Å². The van der Waals surface area contributed by atoms with Crippen molar-refractivity contribution in [2.45, 2.75) is 71.8 Å². The molecule has 5 nitrogen and oxygen atoms in total. The lowest BCUT2D eigenvalue weighted by Gasteiger charge is -2.19. The molecule has 0 bridgehead atoms. The number of carbonyl (C=O) groups excluding carboxylic acids is 1. The van der Waals surface area contributed by atoms with E-state index in [4.69, 9.17) is 10.9 Å². The van der Waals surface area contributed by atoms with Crippen LogP contribution in [0.1, 0.15) is 65.7 Å². The maximum Gasteiger partial charge on any atom is 0.231 e. The average molecular weight is 271 g/mol. The number of hydrogen-bond donors (Lipinski definition) is 3. The zero-order valence-corrected chi connectivity index (χ0v) is 12.5. The molecule has 2 atom stereocenters. The molecule has 0 heterocycles. The van der Waals surface area contributed by atoms with Crippen molar-refractivity contribution in [2.24, 2.45) is 16.8 Å². The van der Waals surface area contributed by atoms with Crippen LogP contribution >= 0.6 is 0 Å². The number of rotatable bonds is 10. The van der Waals surface area contributed by atoms with Crippen molar-refractivity contribution in [3.63, 3.8) is 0 Å². The van der Waals surface area contributed by atoms with E-state index in [2.05, 4.69) is 17.4 Å². The first-order valence-corrected chi connectivity index (χ1v) is 7.34. The second kappa shape index (κ2) is 10.6. The standard InChI is InChI=1S/C14H29N3O2/c1-4-6-7-8-10-11(3)16-14(18)12(9-5-2)13(15)17-19/h11-12,19H,4-10H2,1-3H3,(H2,15,17)(H,16,18). The van der Waals surface area contributed by atoms with Crippen LogP contribution in [-0.2, 0) is 4.79 Å². The Bertz CT molecular complexity index is 280. The molecular formula is C14H29N3O2. The summed E-state index contributed by atoms with van der Waals surface area (Å²) in [4.78, 5) is 12.0. The van der Waals surface area contributed by atoms with Crippen LogP contribution in [0.3, 0.4) is 0 Å². The molecule has 0 aromatic rings. The molecule has 0 aromatic carbocycles. The molecule has 112 valence electrons. The molecular weight excluding hydrogens is 242 g/mol. The first-order valence-electron chi connectivity index (χ1n) is 7.34. The summed E-state index contributed by atoms with van der Waals surface area (Å²) in [7, 11) is 0. The lowest BCUT2D eigenvalue weighted by molar-refractivity contribution is -0.123. The average Bonchev–Trinajstić information content (AvgIpc) is 2.40. The van der Waals surface area contributed by atoms with Crippen molar-refractivity contribution < 1.29 is 10.0 Å². The third kappa shape index (κ3) is 7.70. The molecule has 0 rings (SSSR count). The fraction of sp³-hybridized carbons (Fsp3) is 0.857. The highest BCUT2D eigenvalue weighted by Gasteiger charge is 2.23. The van der Waals surface area contributed by atoms with Gasteiger partial charge in [-0.2, -0.15) is 0 Å². The van der Waals surface area contributed by atoms with E-state index < -0.39 is 5.92 Å². The Kier molecular flexibility index (Phi) is 9.94. The van der Waals surface area contributed by atoms with E-state index >= 15 is 0 Å². The first kappa shape index (κ1) is 17.7. The minimum atomic E-state index is -0.520. The van der Waals surface area contributed by atoms with Gasteiger partial charge in [0.1, 0.15) is 0 Å². The zero-order valence-electron chi connectivity index (χ0n) is 12.5. The van der Waals surface area contributed by atoms with Crippen molar-refractivity contribution in [2.75, 3.05) is 0 Å². The number of carbonyl (C=O) groups is 1. The van der Waals surface area contributed by atoms with Gasteiger partial charge in [0.05, 0.1) is 5.92 Å². The molecule has 2 unspecified atom stereocenters. The number of amidine groups is 1. The van der Waals surface area contributed by atoms with E-state index in [1.54, 1.807) is 0 Å². The number of hydrogen-bond acceptors (Lipinski definition) is 3. The molecule has 0 spiro atoms. The summed E-state index contributed by atoms with van der Waals surface area (Å²) in [6, 6.07) is 0.134. The van der Waals surface area contributed by atoms with Gasteiger partial charge in [0.15, 0.2) is 5.84 Å². The van der Waals surface area contributed by atoms with Crippen LogP contribution < -0.4 is 11.1 Å². The Morgan fingerprint density at radius 2 is 1.89 bits per heavy atom. The summed E-state index contributed by atoms with van der Waals surface area (Å²) < 4.78 is 0. The van der Waals surface area contributed by atoms with E-state index in [1.165, 1.54) is 19.3 Å². The van der Waals surface area contributed by atoms with Gasteiger partial charge in [0.25, 0.3) is 0 Å². The summed E-state index contributed by atoms with van der Waals surface area (Å²) in [5.41, 5.74) is 5.56. The predicted molar refractivity (Wildman–Crippen MR) is 78.2 cm³/mol. The molecule has 0 radical (unpaired) electrons. The van der Waals surface area contributed by atoms with Crippen LogP contribution in [0, 0.1) is 5.92 Å². The third-order valence-electron chi connectivity index (χ3n) is 3.25. The van der Waals surface area contributed by atoms with Gasteiger partial charge in [-0.05, 0) is 19.8 Å². The highest BCUT2D eigenvalue weighted by molar-refractivity contribution is 6.02. The van der Waals surface area contributed by atoms with Gasteiger partial charge >= 0.3 is 0 Å². The topological polar surface area (TPSA) is 87.7 Å². The first-order chi connectivity index (χ1) is 9.06. The van der Waals surface area contributed by atoms with Crippen LogP contribution in [0.2, 0.25) is 0 Å². The lowest BCUT2D eigenvalue weighted by Crippen LogP contribution is -2.42. The van der Waals surface area contributed by atoms with Crippen LogP contribution in [0.5, 0.6) is 0 Å². The summed E-state index contributed by atoms with van der Waals surface area (Å²) in [5.74, 6) is -0.661. The number of oxime groups is 1. The van der Waals surface area contributed by atoms with Crippen molar-refractivity contribution in [1.29, 1.82) is 0 Å². The van der Waals surface area contributed by atoms with Crippen molar-refractivity contribution in [3.8, 4) is 0 Å². The zero-order chi connectivity index (χ0) is 14.7. The van der Waals surface area contributed by atoms with E-state index in [1.807, 2.05) is 13.8 Å². The number of nitrogens with one attached hydrogen (secondary N) is 1. The molecule has 0 saturated heterocycles. The highest BCUT2D eigenvalue weighted by Crippen LogP contribution is 2.09. The number of nitrogens with zero attached hydrogens (tertiary/aromatic N) is 1.